The number of hydrogen-bond acceptors (Lipinski definition) is 3. The maximum Gasteiger partial charge on any atom is 0.339 e. The van der Waals surface area contributed by atoms with Crippen LogP contribution < -0.4 is 5.32 Å². The zero-order valence-electron chi connectivity index (χ0n) is 14.6. The first-order chi connectivity index (χ1) is 13.5. The van der Waals surface area contributed by atoms with E-state index in [4.69, 9.17) is 27.9 Å². The van der Waals surface area contributed by atoms with E-state index in [1.54, 1.807) is 36.4 Å². The van der Waals surface area contributed by atoms with Gasteiger partial charge in [0.2, 0.25) is 0 Å². The van der Waals surface area contributed by atoms with Crippen molar-refractivity contribution in [2.45, 2.75) is 12.5 Å². The van der Waals surface area contributed by atoms with Crippen molar-refractivity contribution in [3.05, 3.63) is 99.0 Å². The molecule has 0 unspecified atom stereocenters. The lowest BCUT2D eigenvalue weighted by Crippen LogP contribution is -2.23. The molecule has 1 heterocycles. The largest absolute Gasteiger partial charge is 0.454 e. The van der Waals surface area contributed by atoms with Crippen LogP contribution in [0.2, 0.25) is 10.0 Å². The summed E-state index contributed by atoms with van der Waals surface area (Å²) >= 11 is 12.1. The van der Waals surface area contributed by atoms with Gasteiger partial charge in [-0.15, -0.1) is 0 Å². The number of rotatable bonds is 3. The molecule has 3 aromatic rings. The summed E-state index contributed by atoms with van der Waals surface area (Å²) in [7, 11) is 0. The summed E-state index contributed by atoms with van der Waals surface area (Å²) < 4.78 is 5.55. The Balaban J connectivity index is 1.60. The van der Waals surface area contributed by atoms with E-state index in [2.05, 4.69) is 5.32 Å². The molecule has 0 spiro atoms. The third kappa shape index (κ3) is 3.75. The number of anilines is 1. The Hall–Kier alpha value is -2.82. The van der Waals surface area contributed by atoms with Gasteiger partial charge in [0.25, 0.3) is 5.91 Å². The Morgan fingerprint density at radius 2 is 1.79 bits per heavy atom. The van der Waals surface area contributed by atoms with E-state index in [1.807, 2.05) is 30.3 Å². The second kappa shape index (κ2) is 7.66. The minimum Gasteiger partial charge on any atom is -0.454 e. The van der Waals surface area contributed by atoms with Crippen molar-refractivity contribution in [1.29, 1.82) is 0 Å². The number of benzene rings is 3. The molecule has 3 aromatic carbocycles. The van der Waals surface area contributed by atoms with Crippen molar-refractivity contribution < 1.29 is 14.3 Å². The zero-order chi connectivity index (χ0) is 19.7. The fraction of sp³-hybridized carbons (Fsp3) is 0.0909. The van der Waals surface area contributed by atoms with Gasteiger partial charge in [0, 0.05) is 17.0 Å². The summed E-state index contributed by atoms with van der Waals surface area (Å²) in [5, 5.41) is 3.62. The van der Waals surface area contributed by atoms with Gasteiger partial charge in [-0.05, 0) is 47.5 Å². The monoisotopic (exact) mass is 411 g/mol. The van der Waals surface area contributed by atoms with Crippen molar-refractivity contribution in [3.8, 4) is 0 Å². The number of hydrogen-bond donors (Lipinski definition) is 1. The van der Waals surface area contributed by atoms with Gasteiger partial charge in [0.15, 0.2) is 0 Å². The molecule has 0 aliphatic carbocycles. The van der Waals surface area contributed by atoms with E-state index in [9.17, 15) is 9.59 Å². The van der Waals surface area contributed by atoms with Crippen molar-refractivity contribution in [2.24, 2.45) is 0 Å². The number of carbonyl (C=O) groups excluding carboxylic acids is 2. The first kappa shape index (κ1) is 18.5. The number of amides is 1. The van der Waals surface area contributed by atoms with Gasteiger partial charge in [0.05, 0.1) is 16.3 Å². The van der Waals surface area contributed by atoms with Crippen LogP contribution in [0.4, 0.5) is 5.69 Å². The minimum absolute atomic E-state index is 0.331. The molecule has 1 amide bonds. The normalized spacial score (nSPS) is 15.5. The van der Waals surface area contributed by atoms with Gasteiger partial charge in [-0.3, -0.25) is 4.79 Å². The maximum absolute atomic E-state index is 12.7. The first-order valence-corrected chi connectivity index (χ1v) is 9.42. The van der Waals surface area contributed by atoms with E-state index in [-0.39, 0.29) is 18.0 Å². The highest BCUT2D eigenvalue weighted by Crippen LogP contribution is 2.31. The van der Waals surface area contributed by atoms with Gasteiger partial charge >= 0.3 is 5.97 Å². The number of cyclic esters (lactones) is 1. The number of carbonyl (C=O) groups is 2. The summed E-state index contributed by atoms with van der Waals surface area (Å²) in [4.78, 5) is 25.0. The SMILES string of the molecule is O=C(Nc1cc(Cl)ccc1Cl)c1ccc2c(c1)C[C@H](c1ccccc1)OC2=O. The van der Waals surface area contributed by atoms with Crippen molar-refractivity contribution in [3.63, 3.8) is 0 Å². The fourth-order valence-electron chi connectivity index (χ4n) is 3.18. The van der Waals surface area contributed by atoms with Crippen LogP contribution in [-0.4, -0.2) is 11.9 Å². The van der Waals surface area contributed by atoms with E-state index in [0.717, 1.165) is 11.1 Å². The lowest BCUT2D eigenvalue weighted by Gasteiger charge is -2.25. The molecule has 1 atom stereocenters. The lowest BCUT2D eigenvalue weighted by molar-refractivity contribution is 0.0252. The molecule has 0 aromatic heterocycles. The van der Waals surface area contributed by atoms with E-state index in [1.165, 1.54) is 0 Å². The number of esters is 1. The Bertz CT molecular complexity index is 1070. The smallest absolute Gasteiger partial charge is 0.339 e. The molecule has 4 rings (SSSR count). The maximum atomic E-state index is 12.7. The molecular formula is C22H15Cl2NO3. The van der Waals surface area contributed by atoms with Gasteiger partial charge in [-0.2, -0.15) is 0 Å². The Labute approximate surface area is 172 Å². The van der Waals surface area contributed by atoms with Gasteiger partial charge < -0.3 is 10.1 Å². The van der Waals surface area contributed by atoms with Crippen LogP contribution in [0.3, 0.4) is 0 Å². The number of fused-ring (bicyclic) bond motifs is 1. The molecule has 4 nitrogen and oxygen atoms in total. The summed E-state index contributed by atoms with van der Waals surface area (Å²) in [6.07, 6.45) is 0.131. The number of nitrogens with one attached hydrogen (secondary N) is 1. The van der Waals surface area contributed by atoms with Crippen molar-refractivity contribution >= 4 is 40.8 Å². The summed E-state index contributed by atoms with van der Waals surface area (Å²) in [5.74, 6) is -0.720. The standard InChI is InChI=1S/C22H15Cl2NO3/c23-16-7-9-18(24)19(12-16)25-21(26)14-6-8-17-15(10-14)11-20(28-22(17)27)13-4-2-1-3-5-13/h1-10,12,20H,11H2,(H,25,26)/t20-/m1/s1. The topological polar surface area (TPSA) is 55.4 Å². The fourth-order valence-corrected chi connectivity index (χ4v) is 3.52. The predicted molar refractivity (Wildman–Crippen MR) is 109 cm³/mol. The van der Waals surface area contributed by atoms with Crippen LogP contribution in [0, 0.1) is 0 Å². The summed E-state index contributed by atoms with van der Waals surface area (Å²) in [6, 6.07) is 19.3. The second-order valence-electron chi connectivity index (χ2n) is 6.46. The third-order valence-corrected chi connectivity index (χ3v) is 5.15. The van der Waals surface area contributed by atoms with Gasteiger partial charge in [-0.25, -0.2) is 4.79 Å². The summed E-state index contributed by atoms with van der Waals surface area (Å²) in [5.41, 5.74) is 3.02. The molecule has 140 valence electrons. The average Bonchev–Trinajstić information content (AvgIpc) is 2.71. The first-order valence-electron chi connectivity index (χ1n) is 8.66. The Kier molecular flexibility index (Phi) is 5.07. The molecule has 0 saturated carbocycles. The molecule has 0 fully saturated rings. The quantitative estimate of drug-likeness (QED) is 0.562. The molecular weight excluding hydrogens is 397 g/mol. The Morgan fingerprint density at radius 1 is 1.00 bits per heavy atom. The van der Waals surface area contributed by atoms with Crippen LogP contribution in [-0.2, 0) is 11.2 Å². The average molecular weight is 412 g/mol. The molecule has 1 N–H and O–H groups in total. The molecule has 28 heavy (non-hydrogen) atoms. The third-order valence-electron chi connectivity index (χ3n) is 4.59. The highest BCUT2D eigenvalue weighted by molar-refractivity contribution is 6.35. The lowest BCUT2D eigenvalue weighted by atomic mass is 9.93. The van der Waals surface area contributed by atoms with E-state index < -0.39 is 0 Å². The summed E-state index contributed by atoms with van der Waals surface area (Å²) in [6.45, 7) is 0. The van der Waals surface area contributed by atoms with Gasteiger partial charge in [-0.1, -0.05) is 53.5 Å². The van der Waals surface area contributed by atoms with E-state index in [0.29, 0.717) is 33.3 Å². The van der Waals surface area contributed by atoms with Crippen LogP contribution in [0.25, 0.3) is 0 Å². The number of halogens is 2. The predicted octanol–water partition coefficient (Wildman–Crippen LogP) is 5.70. The van der Waals surface area contributed by atoms with Crippen molar-refractivity contribution in [2.75, 3.05) is 5.32 Å². The van der Waals surface area contributed by atoms with Gasteiger partial charge in [0.1, 0.15) is 6.10 Å². The van der Waals surface area contributed by atoms with Crippen LogP contribution in [0.1, 0.15) is 37.9 Å². The molecule has 0 radical (unpaired) electrons. The molecule has 1 aliphatic heterocycles. The molecule has 0 bridgehead atoms. The Morgan fingerprint density at radius 3 is 2.57 bits per heavy atom. The second-order valence-corrected chi connectivity index (χ2v) is 7.30. The van der Waals surface area contributed by atoms with Crippen LogP contribution in [0.5, 0.6) is 0 Å². The van der Waals surface area contributed by atoms with Crippen LogP contribution in [0.15, 0.2) is 66.7 Å². The molecule has 0 saturated heterocycles. The van der Waals surface area contributed by atoms with Crippen LogP contribution >= 0.6 is 23.2 Å². The minimum atomic E-state index is -0.389. The zero-order valence-corrected chi connectivity index (χ0v) is 16.1. The molecule has 6 heteroatoms. The van der Waals surface area contributed by atoms with E-state index >= 15 is 0 Å². The highest BCUT2D eigenvalue weighted by Gasteiger charge is 2.28. The van der Waals surface area contributed by atoms with Crippen molar-refractivity contribution in [1.82, 2.24) is 0 Å². The highest BCUT2D eigenvalue weighted by atomic mass is 35.5. The molecule has 1 aliphatic rings. The number of ether oxygens (including phenoxy) is 1.